The molecule has 0 saturated heterocycles. The average Bonchev–Trinajstić information content (AvgIpc) is 1.96. The normalized spacial score (nSPS) is 13.9. The number of esters is 1. The summed E-state index contributed by atoms with van der Waals surface area (Å²) in [6, 6.07) is 0. The second kappa shape index (κ2) is 5.22. The van der Waals surface area contributed by atoms with Crippen LogP contribution in [0.5, 0.6) is 0 Å². The highest BCUT2D eigenvalue weighted by atomic mass is 16.6. The molecule has 0 saturated carbocycles. The van der Waals surface area contributed by atoms with Gasteiger partial charge in [0.05, 0.1) is 0 Å². The standard InChI is InChI=1S/C10H20O3/c1-6-7-12-8(2)9(11)13-10(3,4)5/h8H,6-7H2,1-5H3. The van der Waals surface area contributed by atoms with Gasteiger partial charge in [-0.2, -0.15) is 0 Å². The van der Waals surface area contributed by atoms with Crippen LogP contribution in [0.25, 0.3) is 0 Å². The molecule has 0 bridgehead atoms. The Kier molecular flexibility index (Phi) is 4.99. The molecule has 0 fully saturated rings. The third-order valence-corrected chi connectivity index (χ3v) is 1.31. The number of carbonyl (C=O) groups is 1. The smallest absolute Gasteiger partial charge is 0.335 e. The summed E-state index contributed by atoms with van der Waals surface area (Å²) in [6.45, 7) is 9.85. The molecule has 78 valence electrons. The highest BCUT2D eigenvalue weighted by Gasteiger charge is 2.21. The van der Waals surface area contributed by atoms with Gasteiger partial charge in [-0.15, -0.1) is 0 Å². The maximum atomic E-state index is 11.3. The molecule has 0 aromatic carbocycles. The Balaban J connectivity index is 3.83. The number of hydrogen-bond donors (Lipinski definition) is 0. The number of carbonyl (C=O) groups excluding carboxylic acids is 1. The Morgan fingerprint density at radius 1 is 1.38 bits per heavy atom. The third-order valence-electron chi connectivity index (χ3n) is 1.31. The van der Waals surface area contributed by atoms with Crippen molar-refractivity contribution in [3.63, 3.8) is 0 Å². The summed E-state index contributed by atoms with van der Waals surface area (Å²) < 4.78 is 10.4. The van der Waals surface area contributed by atoms with Gasteiger partial charge in [0.1, 0.15) is 5.60 Å². The molecule has 0 aromatic heterocycles. The first-order chi connectivity index (χ1) is 5.87. The Bertz CT molecular complexity index is 158. The number of ether oxygens (including phenoxy) is 2. The van der Waals surface area contributed by atoms with Gasteiger partial charge >= 0.3 is 5.97 Å². The lowest BCUT2D eigenvalue weighted by Gasteiger charge is -2.22. The summed E-state index contributed by atoms with van der Waals surface area (Å²) in [5.41, 5.74) is -0.430. The maximum Gasteiger partial charge on any atom is 0.335 e. The first kappa shape index (κ1) is 12.4. The van der Waals surface area contributed by atoms with E-state index in [1.165, 1.54) is 0 Å². The summed E-state index contributed by atoms with van der Waals surface area (Å²) in [4.78, 5) is 11.3. The predicted octanol–water partition coefficient (Wildman–Crippen LogP) is 2.14. The Hall–Kier alpha value is -0.570. The molecule has 13 heavy (non-hydrogen) atoms. The van der Waals surface area contributed by atoms with Crippen LogP contribution in [0.15, 0.2) is 0 Å². The van der Waals surface area contributed by atoms with Gasteiger partial charge in [-0.05, 0) is 34.1 Å². The van der Waals surface area contributed by atoms with Crippen molar-refractivity contribution in [2.75, 3.05) is 6.61 Å². The van der Waals surface area contributed by atoms with Gasteiger partial charge < -0.3 is 9.47 Å². The van der Waals surface area contributed by atoms with Gasteiger partial charge in [-0.3, -0.25) is 0 Å². The fourth-order valence-corrected chi connectivity index (χ4v) is 0.747. The molecule has 0 radical (unpaired) electrons. The molecule has 0 aliphatic rings. The second-order valence-corrected chi connectivity index (χ2v) is 4.05. The molecule has 1 unspecified atom stereocenters. The highest BCUT2D eigenvalue weighted by molar-refractivity contribution is 5.74. The average molecular weight is 188 g/mol. The molecule has 3 nitrogen and oxygen atoms in total. The van der Waals surface area contributed by atoms with E-state index in [1.807, 2.05) is 27.7 Å². The van der Waals surface area contributed by atoms with Crippen LogP contribution in [0.4, 0.5) is 0 Å². The van der Waals surface area contributed by atoms with Crippen molar-refractivity contribution in [1.82, 2.24) is 0 Å². The molecular formula is C10H20O3. The molecule has 0 aromatic rings. The van der Waals surface area contributed by atoms with Crippen molar-refractivity contribution in [2.45, 2.75) is 52.7 Å². The zero-order chi connectivity index (χ0) is 10.5. The third kappa shape index (κ3) is 6.58. The van der Waals surface area contributed by atoms with Crippen LogP contribution in [0, 0.1) is 0 Å². The van der Waals surface area contributed by atoms with E-state index >= 15 is 0 Å². The van der Waals surface area contributed by atoms with E-state index in [4.69, 9.17) is 9.47 Å². The summed E-state index contributed by atoms with van der Waals surface area (Å²) in [5, 5.41) is 0. The van der Waals surface area contributed by atoms with Gasteiger partial charge in [0, 0.05) is 6.61 Å². The minimum atomic E-state index is -0.459. The van der Waals surface area contributed by atoms with E-state index in [-0.39, 0.29) is 5.97 Å². The van der Waals surface area contributed by atoms with Gasteiger partial charge in [0.2, 0.25) is 0 Å². The van der Waals surface area contributed by atoms with Gasteiger partial charge in [0.25, 0.3) is 0 Å². The molecule has 0 amide bonds. The van der Waals surface area contributed by atoms with Crippen LogP contribution < -0.4 is 0 Å². The monoisotopic (exact) mass is 188 g/mol. The molecule has 0 rings (SSSR count). The Morgan fingerprint density at radius 2 is 1.92 bits per heavy atom. The molecule has 0 aliphatic heterocycles. The molecule has 0 aliphatic carbocycles. The topological polar surface area (TPSA) is 35.5 Å². The van der Waals surface area contributed by atoms with Crippen molar-refractivity contribution < 1.29 is 14.3 Å². The lowest BCUT2D eigenvalue weighted by Crippen LogP contribution is -2.31. The molecule has 0 N–H and O–H groups in total. The van der Waals surface area contributed by atoms with Crippen LogP contribution in [0.2, 0.25) is 0 Å². The fourth-order valence-electron chi connectivity index (χ4n) is 0.747. The second-order valence-electron chi connectivity index (χ2n) is 4.05. The SMILES string of the molecule is CCCOC(C)C(=O)OC(C)(C)C. The molecule has 3 heteroatoms. The summed E-state index contributed by atoms with van der Waals surface area (Å²) in [5.74, 6) is -0.291. The van der Waals surface area contributed by atoms with Crippen LogP contribution in [-0.2, 0) is 14.3 Å². The Labute approximate surface area is 80.4 Å². The molecular weight excluding hydrogens is 168 g/mol. The van der Waals surface area contributed by atoms with Crippen molar-refractivity contribution >= 4 is 5.97 Å². The zero-order valence-electron chi connectivity index (χ0n) is 9.22. The van der Waals surface area contributed by atoms with Crippen molar-refractivity contribution in [1.29, 1.82) is 0 Å². The van der Waals surface area contributed by atoms with Crippen molar-refractivity contribution in [2.24, 2.45) is 0 Å². The lowest BCUT2D eigenvalue weighted by atomic mass is 10.2. The van der Waals surface area contributed by atoms with Crippen LogP contribution in [-0.4, -0.2) is 24.3 Å². The number of hydrogen-bond acceptors (Lipinski definition) is 3. The van der Waals surface area contributed by atoms with E-state index in [2.05, 4.69) is 0 Å². The quantitative estimate of drug-likeness (QED) is 0.634. The van der Waals surface area contributed by atoms with E-state index in [0.717, 1.165) is 6.42 Å². The molecule has 0 heterocycles. The summed E-state index contributed by atoms with van der Waals surface area (Å²) in [6.07, 6.45) is 0.451. The fraction of sp³-hybridized carbons (Fsp3) is 0.900. The Morgan fingerprint density at radius 3 is 2.31 bits per heavy atom. The number of rotatable bonds is 4. The van der Waals surface area contributed by atoms with Gasteiger partial charge in [0.15, 0.2) is 6.10 Å². The van der Waals surface area contributed by atoms with E-state index in [1.54, 1.807) is 6.92 Å². The van der Waals surface area contributed by atoms with Crippen molar-refractivity contribution in [3.05, 3.63) is 0 Å². The molecule has 0 spiro atoms. The first-order valence-electron chi connectivity index (χ1n) is 4.71. The maximum absolute atomic E-state index is 11.3. The molecule has 1 atom stereocenters. The van der Waals surface area contributed by atoms with Crippen molar-refractivity contribution in [3.8, 4) is 0 Å². The van der Waals surface area contributed by atoms with Crippen LogP contribution in [0.1, 0.15) is 41.0 Å². The van der Waals surface area contributed by atoms with E-state index in [0.29, 0.717) is 6.61 Å². The highest BCUT2D eigenvalue weighted by Crippen LogP contribution is 2.09. The zero-order valence-corrected chi connectivity index (χ0v) is 9.22. The summed E-state index contributed by atoms with van der Waals surface area (Å²) in [7, 11) is 0. The summed E-state index contributed by atoms with van der Waals surface area (Å²) >= 11 is 0. The predicted molar refractivity (Wildman–Crippen MR) is 51.6 cm³/mol. The van der Waals surface area contributed by atoms with Gasteiger partial charge in [-0.25, -0.2) is 4.79 Å². The van der Waals surface area contributed by atoms with Crippen LogP contribution >= 0.6 is 0 Å². The van der Waals surface area contributed by atoms with E-state index < -0.39 is 11.7 Å². The largest absolute Gasteiger partial charge is 0.458 e. The minimum Gasteiger partial charge on any atom is -0.458 e. The lowest BCUT2D eigenvalue weighted by molar-refractivity contribution is -0.167. The van der Waals surface area contributed by atoms with Crippen LogP contribution in [0.3, 0.4) is 0 Å². The van der Waals surface area contributed by atoms with Gasteiger partial charge in [-0.1, -0.05) is 6.92 Å². The first-order valence-corrected chi connectivity index (χ1v) is 4.71. The van der Waals surface area contributed by atoms with E-state index in [9.17, 15) is 4.79 Å². The minimum absolute atomic E-state index is 0.291.